The average molecular weight is 292 g/mol. The molecule has 1 amide bonds. The number of benzene rings is 1. The second-order valence-electron chi connectivity index (χ2n) is 5.64. The molecule has 6 nitrogen and oxygen atoms in total. The van der Waals surface area contributed by atoms with Crippen LogP contribution in [0.5, 0.6) is 0 Å². The molecule has 0 aromatic heterocycles. The van der Waals surface area contributed by atoms with Crippen LogP contribution >= 0.6 is 0 Å². The molecule has 0 unspecified atom stereocenters. The summed E-state index contributed by atoms with van der Waals surface area (Å²) in [6, 6.07) is 5.04. The molecular weight excluding hydrogens is 270 g/mol. The van der Waals surface area contributed by atoms with Crippen molar-refractivity contribution in [3.63, 3.8) is 0 Å². The van der Waals surface area contributed by atoms with Crippen molar-refractivity contribution in [3.05, 3.63) is 33.9 Å². The maximum absolute atomic E-state index is 12.0. The number of rotatable bonds is 5. The minimum atomic E-state index is -0.455. The number of carbonyl (C=O) groups excluding carboxylic acids is 1. The number of nitro benzene ring substituents is 1. The molecule has 1 aromatic rings. The third-order valence-electron chi connectivity index (χ3n) is 3.99. The van der Waals surface area contributed by atoms with E-state index in [1.165, 1.54) is 44.2 Å². The summed E-state index contributed by atoms with van der Waals surface area (Å²) in [6.45, 7) is 2.19. The lowest BCUT2D eigenvalue weighted by atomic mass is 9.95. The largest absolute Gasteiger partial charge is 0.336 e. The maximum atomic E-state index is 12.0. The SMILES string of the molecule is Cc1ccc([N+](=O)[O-])cc1NC(=O)C[NH2+]C1CCCCC1. The Balaban J connectivity index is 1.89. The summed E-state index contributed by atoms with van der Waals surface area (Å²) in [5.74, 6) is -0.107. The average Bonchev–Trinajstić information content (AvgIpc) is 2.48. The van der Waals surface area contributed by atoms with E-state index >= 15 is 0 Å². The second kappa shape index (κ2) is 7.17. The quantitative estimate of drug-likeness (QED) is 0.640. The Morgan fingerprint density at radius 2 is 2.10 bits per heavy atom. The number of nitro groups is 1. The number of amides is 1. The smallest absolute Gasteiger partial charge is 0.279 e. The van der Waals surface area contributed by atoms with Crippen molar-refractivity contribution in [1.82, 2.24) is 0 Å². The Kier molecular flexibility index (Phi) is 5.27. The zero-order valence-corrected chi connectivity index (χ0v) is 12.3. The Morgan fingerprint density at radius 1 is 1.38 bits per heavy atom. The molecule has 0 heterocycles. The van der Waals surface area contributed by atoms with Gasteiger partial charge in [-0.1, -0.05) is 12.5 Å². The highest BCUT2D eigenvalue weighted by molar-refractivity contribution is 5.92. The van der Waals surface area contributed by atoms with Gasteiger partial charge in [-0.05, 0) is 38.2 Å². The van der Waals surface area contributed by atoms with Gasteiger partial charge in [-0.25, -0.2) is 0 Å². The number of quaternary nitrogens is 1. The number of nitrogens with one attached hydrogen (secondary N) is 1. The normalized spacial score (nSPS) is 15.7. The van der Waals surface area contributed by atoms with Crippen LogP contribution in [-0.4, -0.2) is 23.4 Å². The standard InChI is InChI=1S/C15H21N3O3/c1-11-7-8-13(18(20)21)9-14(11)17-15(19)10-16-12-5-3-2-4-6-12/h7-9,12,16H,2-6,10H2,1H3,(H,17,19)/p+1. The number of carbonyl (C=O) groups is 1. The van der Waals surface area contributed by atoms with Crippen LogP contribution in [-0.2, 0) is 4.79 Å². The first-order valence-corrected chi connectivity index (χ1v) is 7.44. The Hall–Kier alpha value is -1.95. The molecule has 1 saturated carbocycles. The fraction of sp³-hybridized carbons (Fsp3) is 0.533. The minimum Gasteiger partial charge on any atom is -0.336 e. The van der Waals surface area contributed by atoms with Crippen LogP contribution in [0.3, 0.4) is 0 Å². The molecule has 0 aliphatic heterocycles. The first kappa shape index (κ1) is 15.4. The van der Waals surface area contributed by atoms with Crippen LogP contribution in [0.4, 0.5) is 11.4 Å². The molecule has 6 heteroatoms. The number of hydrogen-bond acceptors (Lipinski definition) is 3. The minimum absolute atomic E-state index is 0.00726. The van der Waals surface area contributed by atoms with Crippen molar-refractivity contribution >= 4 is 17.3 Å². The van der Waals surface area contributed by atoms with Crippen molar-refractivity contribution in [1.29, 1.82) is 0 Å². The predicted molar refractivity (Wildman–Crippen MR) is 80.1 cm³/mol. The first-order valence-electron chi connectivity index (χ1n) is 7.44. The third kappa shape index (κ3) is 4.53. The van der Waals surface area contributed by atoms with E-state index in [0.29, 0.717) is 18.3 Å². The number of nitrogens with zero attached hydrogens (tertiary/aromatic N) is 1. The molecule has 0 spiro atoms. The second-order valence-corrected chi connectivity index (χ2v) is 5.64. The van der Waals surface area contributed by atoms with Gasteiger partial charge in [-0.3, -0.25) is 14.9 Å². The highest BCUT2D eigenvalue weighted by Gasteiger charge is 2.18. The first-order chi connectivity index (χ1) is 10.1. The van der Waals surface area contributed by atoms with Gasteiger partial charge in [0.15, 0.2) is 6.54 Å². The van der Waals surface area contributed by atoms with Crippen LogP contribution in [0.1, 0.15) is 37.7 Å². The van der Waals surface area contributed by atoms with Gasteiger partial charge in [-0.15, -0.1) is 0 Å². The lowest BCUT2D eigenvalue weighted by Crippen LogP contribution is -2.91. The molecule has 114 valence electrons. The molecule has 0 atom stereocenters. The highest BCUT2D eigenvalue weighted by atomic mass is 16.6. The molecule has 1 fully saturated rings. The molecule has 0 bridgehead atoms. The molecule has 21 heavy (non-hydrogen) atoms. The summed E-state index contributed by atoms with van der Waals surface area (Å²) in [4.78, 5) is 22.3. The van der Waals surface area contributed by atoms with Crippen molar-refractivity contribution in [2.24, 2.45) is 0 Å². The van der Waals surface area contributed by atoms with Crippen LogP contribution in [0.25, 0.3) is 0 Å². The Labute approximate surface area is 124 Å². The van der Waals surface area contributed by atoms with Gasteiger partial charge in [0.05, 0.1) is 16.7 Å². The number of anilines is 1. The van der Waals surface area contributed by atoms with E-state index in [9.17, 15) is 14.9 Å². The molecule has 1 aliphatic carbocycles. The maximum Gasteiger partial charge on any atom is 0.279 e. The molecule has 1 aromatic carbocycles. The third-order valence-corrected chi connectivity index (χ3v) is 3.99. The molecule has 1 aliphatic rings. The molecular formula is C15H22N3O3+. The van der Waals surface area contributed by atoms with E-state index in [2.05, 4.69) is 10.6 Å². The van der Waals surface area contributed by atoms with E-state index in [1.54, 1.807) is 6.07 Å². The summed E-state index contributed by atoms with van der Waals surface area (Å²) in [7, 11) is 0. The Bertz CT molecular complexity index is 525. The molecule has 3 N–H and O–H groups in total. The number of hydrogen-bond donors (Lipinski definition) is 2. The van der Waals surface area contributed by atoms with Gasteiger partial charge in [0.25, 0.3) is 11.6 Å². The van der Waals surface area contributed by atoms with E-state index in [1.807, 2.05) is 6.92 Å². The molecule has 0 radical (unpaired) electrons. The van der Waals surface area contributed by atoms with E-state index < -0.39 is 4.92 Å². The number of nitrogens with two attached hydrogens (primary N) is 1. The van der Waals surface area contributed by atoms with Crippen molar-refractivity contribution in [3.8, 4) is 0 Å². The fourth-order valence-electron chi connectivity index (χ4n) is 2.70. The number of non-ortho nitro benzene ring substituents is 1. The summed E-state index contributed by atoms with van der Waals surface area (Å²) in [5, 5.41) is 15.6. The van der Waals surface area contributed by atoms with Crippen LogP contribution in [0.2, 0.25) is 0 Å². The molecule has 2 rings (SSSR count). The Morgan fingerprint density at radius 3 is 2.76 bits per heavy atom. The van der Waals surface area contributed by atoms with Gasteiger partial charge < -0.3 is 10.6 Å². The van der Waals surface area contributed by atoms with E-state index in [-0.39, 0.29) is 11.6 Å². The fourth-order valence-corrected chi connectivity index (χ4v) is 2.70. The van der Waals surface area contributed by atoms with Crippen molar-refractivity contribution < 1.29 is 15.0 Å². The van der Waals surface area contributed by atoms with E-state index in [0.717, 1.165) is 5.56 Å². The topological polar surface area (TPSA) is 88.9 Å². The van der Waals surface area contributed by atoms with Gasteiger partial charge in [0.2, 0.25) is 0 Å². The highest BCUT2D eigenvalue weighted by Crippen LogP contribution is 2.21. The lowest BCUT2D eigenvalue weighted by molar-refractivity contribution is -0.681. The summed E-state index contributed by atoms with van der Waals surface area (Å²) in [6.07, 6.45) is 6.12. The van der Waals surface area contributed by atoms with Crippen LogP contribution in [0, 0.1) is 17.0 Å². The summed E-state index contributed by atoms with van der Waals surface area (Å²) >= 11 is 0. The lowest BCUT2D eigenvalue weighted by Gasteiger charge is -2.19. The van der Waals surface area contributed by atoms with Gasteiger partial charge in [0, 0.05) is 12.1 Å². The van der Waals surface area contributed by atoms with Crippen molar-refractivity contribution in [2.75, 3.05) is 11.9 Å². The van der Waals surface area contributed by atoms with Gasteiger partial charge in [-0.2, -0.15) is 0 Å². The zero-order valence-electron chi connectivity index (χ0n) is 12.3. The predicted octanol–water partition coefficient (Wildman–Crippen LogP) is 1.74. The van der Waals surface area contributed by atoms with Gasteiger partial charge >= 0.3 is 0 Å². The molecule has 0 saturated heterocycles. The zero-order chi connectivity index (χ0) is 15.2. The van der Waals surface area contributed by atoms with Crippen LogP contribution in [0.15, 0.2) is 18.2 Å². The van der Waals surface area contributed by atoms with Crippen LogP contribution < -0.4 is 10.6 Å². The summed E-state index contributed by atoms with van der Waals surface area (Å²) in [5.41, 5.74) is 1.34. The summed E-state index contributed by atoms with van der Waals surface area (Å²) < 4.78 is 0. The monoisotopic (exact) mass is 292 g/mol. The van der Waals surface area contributed by atoms with E-state index in [4.69, 9.17) is 0 Å². The van der Waals surface area contributed by atoms with Crippen molar-refractivity contribution in [2.45, 2.75) is 45.1 Å². The van der Waals surface area contributed by atoms with Gasteiger partial charge in [0.1, 0.15) is 0 Å². The number of aryl methyl sites for hydroxylation is 1.